The van der Waals surface area contributed by atoms with Gasteiger partial charge in [0.15, 0.2) is 5.16 Å². The van der Waals surface area contributed by atoms with E-state index in [1.807, 2.05) is 56.3 Å². The van der Waals surface area contributed by atoms with Crippen LogP contribution in [0, 0.1) is 13.8 Å². The number of fused-ring (bicyclic) bond motifs is 3. The van der Waals surface area contributed by atoms with E-state index in [-0.39, 0.29) is 28.0 Å². The minimum atomic E-state index is -4.84. The second-order valence-electron chi connectivity index (χ2n) is 8.63. The van der Waals surface area contributed by atoms with E-state index in [1.54, 1.807) is 0 Å². The topological polar surface area (TPSA) is 89.0 Å². The lowest BCUT2D eigenvalue weighted by Crippen LogP contribution is -2.23. The summed E-state index contributed by atoms with van der Waals surface area (Å²) in [4.78, 5) is 34.2. The number of rotatable bonds is 6. The summed E-state index contributed by atoms with van der Waals surface area (Å²) in [5, 5.41) is 3.82. The van der Waals surface area contributed by atoms with Gasteiger partial charge in [0, 0.05) is 16.6 Å². The predicted octanol–water partition coefficient (Wildman–Crippen LogP) is 6.11. The number of halogens is 3. The maximum Gasteiger partial charge on any atom is 0.573 e. The molecule has 0 bridgehead atoms. The van der Waals surface area contributed by atoms with E-state index in [4.69, 9.17) is 4.98 Å². The number of ether oxygens (including phenoxy) is 1. The number of aryl methyl sites for hydroxylation is 2. The Morgan fingerprint density at radius 1 is 1.08 bits per heavy atom. The van der Waals surface area contributed by atoms with Gasteiger partial charge in [-0.15, -0.1) is 13.2 Å². The number of thioether (sulfide) groups is 1. The Morgan fingerprint density at radius 2 is 1.82 bits per heavy atom. The summed E-state index contributed by atoms with van der Waals surface area (Å²) < 4.78 is 43.1. The van der Waals surface area contributed by atoms with Crippen LogP contribution >= 0.6 is 11.8 Å². The zero-order valence-electron chi connectivity index (χ0n) is 20.2. The number of para-hydroxylation sites is 1. The van der Waals surface area contributed by atoms with Gasteiger partial charge < -0.3 is 15.0 Å². The number of carbonyl (C=O) groups excluding carboxylic acids is 1. The Balaban J connectivity index is 1.53. The van der Waals surface area contributed by atoms with Gasteiger partial charge in [0.25, 0.3) is 5.56 Å². The summed E-state index contributed by atoms with van der Waals surface area (Å²) in [6.45, 7) is 3.86. The molecule has 38 heavy (non-hydrogen) atoms. The highest BCUT2D eigenvalue weighted by atomic mass is 32.2. The molecule has 11 heteroatoms. The van der Waals surface area contributed by atoms with Crippen molar-refractivity contribution in [2.24, 2.45) is 0 Å². The molecule has 2 aromatic heterocycles. The molecule has 0 aliphatic rings. The molecule has 1 amide bonds. The molecule has 0 atom stereocenters. The summed E-state index contributed by atoms with van der Waals surface area (Å²) in [5.74, 6) is -0.769. The maximum absolute atomic E-state index is 13.6. The second-order valence-corrected chi connectivity index (χ2v) is 9.57. The standard InChI is InChI=1S/C27H21F3N4O3S/c1-15-7-12-20(16(2)13-15)31-22(35)14-38-26-33-23-19-5-3-4-6-21(19)32-24(23)25(36)34(26)17-8-10-18(11-9-17)37-27(28,29)30/h3-13,32H,14H2,1-2H3,(H,31,35). The van der Waals surface area contributed by atoms with Crippen LogP contribution in [-0.2, 0) is 4.79 Å². The Bertz CT molecular complexity index is 1730. The minimum Gasteiger partial charge on any atom is -0.406 e. The van der Waals surface area contributed by atoms with Crippen molar-refractivity contribution in [1.82, 2.24) is 14.5 Å². The third-order valence-corrected chi connectivity index (χ3v) is 6.75. The van der Waals surface area contributed by atoms with Gasteiger partial charge in [0.2, 0.25) is 5.91 Å². The van der Waals surface area contributed by atoms with Gasteiger partial charge in [-0.2, -0.15) is 0 Å². The molecule has 0 radical (unpaired) electrons. The minimum absolute atomic E-state index is 0.0527. The van der Waals surface area contributed by atoms with Gasteiger partial charge >= 0.3 is 6.36 Å². The van der Waals surface area contributed by atoms with Gasteiger partial charge in [0.05, 0.1) is 11.4 Å². The van der Waals surface area contributed by atoms with Crippen LogP contribution in [0.15, 0.2) is 76.7 Å². The zero-order valence-corrected chi connectivity index (χ0v) is 21.0. The molecule has 2 heterocycles. The van der Waals surface area contributed by atoms with Crippen molar-refractivity contribution in [1.29, 1.82) is 0 Å². The molecule has 0 fully saturated rings. The summed E-state index contributed by atoms with van der Waals surface area (Å²) in [6.07, 6.45) is -4.84. The van der Waals surface area contributed by atoms with Crippen molar-refractivity contribution in [2.75, 3.05) is 11.1 Å². The number of alkyl halides is 3. The van der Waals surface area contributed by atoms with E-state index in [9.17, 15) is 22.8 Å². The number of hydrogen-bond acceptors (Lipinski definition) is 5. The van der Waals surface area contributed by atoms with Gasteiger partial charge in [-0.1, -0.05) is 47.7 Å². The highest BCUT2D eigenvalue weighted by Gasteiger charge is 2.31. The highest BCUT2D eigenvalue weighted by molar-refractivity contribution is 7.99. The molecule has 3 aromatic carbocycles. The first-order chi connectivity index (χ1) is 18.1. The summed E-state index contributed by atoms with van der Waals surface area (Å²) in [6, 6.07) is 17.9. The number of anilines is 1. The van der Waals surface area contributed by atoms with Gasteiger partial charge in [-0.25, -0.2) is 4.98 Å². The van der Waals surface area contributed by atoms with Crippen molar-refractivity contribution < 1.29 is 22.7 Å². The second kappa shape index (κ2) is 9.90. The van der Waals surface area contributed by atoms with Crippen LogP contribution in [0.25, 0.3) is 27.6 Å². The van der Waals surface area contributed by atoms with Crippen molar-refractivity contribution in [2.45, 2.75) is 25.4 Å². The molecule has 0 aliphatic carbocycles. The summed E-state index contributed by atoms with van der Waals surface area (Å²) >= 11 is 1.05. The fourth-order valence-corrected chi connectivity index (χ4v) is 4.94. The lowest BCUT2D eigenvalue weighted by Gasteiger charge is -2.14. The van der Waals surface area contributed by atoms with Crippen LogP contribution < -0.4 is 15.6 Å². The molecular weight excluding hydrogens is 517 g/mol. The number of nitrogens with one attached hydrogen (secondary N) is 2. The number of H-pyrrole nitrogens is 1. The highest BCUT2D eigenvalue weighted by Crippen LogP contribution is 2.28. The fraction of sp³-hybridized carbons (Fsp3) is 0.148. The van der Waals surface area contributed by atoms with E-state index in [0.29, 0.717) is 16.7 Å². The van der Waals surface area contributed by atoms with Gasteiger partial charge in [-0.05, 0) is 55.8 Å². The molecule has 0 unspecified atom stereocenters. The molecule has 5 aromatic rings. The number of amides is 1. The lowest BCUT2D eigenvalue weighted by atomic mass is 10.1. The van der Waals surface area contributed by atoms with Crippen LogP contribution in [0.5, 0.6) is 5.75 Å². The smallest absolute Gasteiger partial charge is 0.406 e. The number of carbonyl (C=O) groups is 1. The number of aromatic amines is 1. The average Bonchev–Trinajstić information content (AvgIpc) is 3.23. The molecule has 5 rings (SSSR count). The Hall–Kier alpha value is -4.25. The van der Waals surface area contributed by atoms with E-state index in [1.165, 1.54) is 16.7 Å². The maximum atomic E-state index is 13.6. The molecule has 0 spiro atoms. The van der Waals surface area contributed by atoms with E-state index in [0.717, 1.165) is 40.4 Å². The van der Waals surface area contributed by atoms with Crippen LogP contribution in [-0.4, -0.2) is 32.6 Å². The van der Waals surface area contributed by atoms with Crippen LogP contribution in [0.1, 0.15) is 11.1 Å². The molecule has 2 N–H and O–H groups in total. The molecule has 0 aliphatic heterocycles. The third kappa shape index (κ3) is 5.23. The van der Waals surface area contributed by atoms with Crippen molar-refractivity contribution in [3.63, 3.8) is 0 Å². The van der Waals surface area contributed by atoms with E-state index < -0.39 is 17.7 Å². The summed E-state index contributed by atoms with van der Waals surface area (Å²) in [5.41, 5.74) is 3.88. The lowest BCUT2D eigenvalue weighted by molar-refractivity contribution is -0.274. The first-order valence-corrected chi connectivity index (χ1v) is 12.5. The number of hydrogen-bond donors (Lipinski definition) is 2. The normalized spacial score (nSPS) is 11.7. The van der Waals surface area contributed by atoms with Crippen LogP contribution in [0.2, 0.25) is 0 Å². The largest absolute Gasteiger partial charge is 0.573 e. The van der Waals surface area contributed by atoms with Crippen LogP contribution in [0.4, 0.5) is 18.9 Å². The van der Waals surface area contributed by atoms with E-state index in [2.05, 4.69) is 15.0 Å². The van der Waals surface area contributed by atoms with Crippen molar-refractivity contribution in [3.8, 4) is 11.4 Å². The zero-order chi connectivity index (χ0) is 27.0. The molecule has 0 saturated carbocycles. The number of aromatic nitrogens is 3. The Labute approximate surface area is 218 Å². The summed E-state index contributed by atoms with van der Waals surface area (Å²) in [7, 11) is 0. The van der Waals surface area contributed by atoms with Gasteiger partial charge in [-0.3, -0.25) is 14.2 Å². The van der Waals surface area contributed by atoms with Crippen molar-refractivity contribution >= 4 is 45.3 Å². The van der Waals surface area contributed by atoms with Gasteiger partial charge in [0.1, 0.15) is 16.8 Å². The monoisotopic (exact) mass is 538 g/mol. The molecule has 7 nitrogen and oxygen atoms in total. The number of nitrogens with zero attached hydrogens (tertiary/aromatic N) is 2. The van der Waals surface area contributed by atoms with E-state index >= 15 is 0 Å². The van der Waals surface area contributed by atoms with Crippen molar-refractivity contribution in [3.05, 3.63) is 88.2 Å². The third-order valence-electron chi connectivity index (χ3n) is 5.81. The Kier molecular flexibility index (Phi) is 6.62. The first kappa shape index (κ1) is 25.4. The molecule has 0 saturated heterocycles. The first-order valence-electron chi connectivity index (χ1n) is 11.5. The number of benzene rings is 3. The Morgan fingerprint density at radius 3 is 2.53 bits per heavy atom. The SMILES string of the molecule is Cc1ccc(NC(=O)CSc2nc3c([nH]c4ccccc43)c(=O)n2-c2ccc(OC(F)(F)F)cc2)c(C)c1. The molecule has 194 valence electrons. The predicted molar refractivity (Wildman–Crippen MR) is 141 cm³/mol. The molecular formula is C27H21F3N4O3S. The van der Waals surface area contributed by atoms with Crippen LogP contribution in [0.3, 0.4) is 0 Å². The quantitative estimate of drug-likeness (QED) is 0.201. The average molecular weight is 539 g/mol. The fourth-order valence-electron chi connectivity index (χ4n) is 4.13.